The van der Waals surface area contributed by atoms with Gasteiger partial charge in [0.1, 0.15) is 24.1 Å². The number of aliphatic hydroxyl groups is 1. The van der Waals surface area contributed by atoms with Crippen molar-refractivity contribution in [3.8, 4) is 17.4 Å². The molecule has 0 spiro atoms. The first-order valence-electron chi connectivity index (χ1n) is 9.35. The largest absolute Gasteiger partial charge is 0.497 e. The molecule has 1 aromatic heterocycles. The molecule has 1 aliphatic rings. The highest BCUT2D eigenvalue weighted by Gasteiger charge is 2.25. The van der Waals surface area contributed by atoms with E-state index in [1.807, 2.05) is 24.3 Å². The van der Waals surface area contributed by atoms with Crippen LogP contribution in [0.2, 0.25) is 5.15 Å². The average molecular weight is 502 g/mol. The van der Waals surface area contributed by atoms with Crippen LogP contribution >= 0.6 is 27.5 Å². The molecule has 0 radical (unpaired) electrons. The van der Waals surface area contributed by atoms with Gasteiger partial charge in [-0.3, -0.25) is 0 Å². The monoisotopic (exact) mass is 500 g/mol. The number of ether oxygens (including phenoxy) is 4. The predicted molar refractivity (Wildman–Crippen MR) is 113 cm³/mol. The van der Waals surface area contributed by atoms with Gasteiger partial charge in [0.15, 0.2) is 5.75 Å². The number of rotatable bonds is 8. The Morgan fingerprint density at radius 3 is 2.63 bits per heavy atom. The molecule has 1 saturated heterocycles. The number of halogens is 2. The predicted octanol–water partition coefficient (Wildman–Crippen LogP) is 4.01. The van der Waals surface area contributed by atoms with E-state index in [0.29, 0.717) is 17.6 Å². The molecule has 1 aromatic carbocycles. The van der Waals surface area contributed by atoms with E-state index in [4.69, 9.17) is 30.5 Å². The molecule has 0 saturated carbocycles. The van der Waals surface area contributed by atoms with Crippen molar-refractivity contribution in [3.05, 3.63) is 45.5 Å². The first-order chi connectivity index (χ1) is 14.5. The highest BCUT2D eigenvalue weighted by molar-refractivity contribution is 9.10. The molecule has 2 aromatic rings. The molecule has 1 fully saturated rings. The number of hydrogen-bond donors (Lipinski definition) is 1. The number of pyridine rings is 1. The third-order valence-electron chi connectivity index (χ3n) is 4.40. The quantitative estimate of drug-likeness (QED) is 0.432. The summed E-state index contributed by atoms with van der Waals surface area (Å²) in [5.41, 5.74) is 0.891. The minimum absolute atomic E-state index is 0.00356. The number of carbonyl (C=O) groups is 1. The SMILES string of the molecule is COc1ccc(COc2c(Br)cc(Cl)nc2O[C@@H](CO)OC(=O)N2CCCC2)cc1. The molecule has 1 N–H and O–H groups in total. The number of aliphatic hydroxyl groups excluding tert-OH is 1. The minimum Gasteiger partial charge on any atom is -0.497 e. The van der Waals surface area contributed by atoms with Crippen LogP contribution in [0.25, 0.3) is 0 Å². The van der Waals surface area contributed by atoms with Crippen LogP contribution in [0.3, 0.4) is 0 Å². The van der Waals surface area contributed by atoms with Crippen LogP contribution in [0.4, 0.5) is 4.79 Å². The topological polar surface area (TPSA) is 90.4 Å². The Hall–Kier alpha value is -2.23. The van der Waals surface area contributed by atoms with Gasteiger partial charge in [-0.15, -0.1) is 0 Å². The molecule has 30 heavy (non-hydrogen) atoms. The highest BCUT2D eigenvalue weighted by Crippen LogP contribution is 2.37. The van der Waals surface area contributed by atoms with Crippen molar-refractivity contribution < 1.29 is 28.8 Å². The van der Waals surface area contributed by atoms with Gasteiger partial charge < -0.3 is 29.0 Å². The van der Waals surface area contributed by atoms with Crippen LogP contribution in [-0.4, -0.2) is 54.2 Å². The molecule has 0 aliphatic carbocycles. The first kappa shape index (κ1) is 22.5. The van der Waals surface area contributed by atoms with Crippen LogP contribution in [-0.2, 0) is 11.3 Å². The van der Waals surface area contributed by atoms with Crippen molar-refractivity contribution >= 4 is 33.6 Å². The summed E-state index contributed by atoms with van der Waals surface area (Å²) in [7, 11) is 1.60. The van der Waals surface area contributed by atoms with Crippen molar-refractivity contribution in [2.24, 2.45) is 0 Å². The molecule has 1 amide bonds. The molecular weight excluding hydrogens is 480 g/mol. The molecule has 0 bridgehead atoms. The van der Waals surface area contributed by atoms with Gasteiger partial charge >= 0.3 is 6.09 Å². The Labute approximate surface area is 187 Å². The van der Waals surface area contributed by atoms with E-state index in [0.717, 1.165) is 24.2 Å². The maximum atomic E-state index is 12.2. The number of carbonyl (C=O) groups excluding carboxylic acids is 1. The summed E-state index contributed by atoms with van der Waals surface area (Å²) < 4.78 is 22.4. The van der Waals surface area contributed by atoms with Crippen LogP contribution in [0.15, 0.2) is 34.8 Å². The summed E-state index contributed by atoms with van der Waals surface area (Å²) >= 11 is 9.42. The van der Waals surface area contributed by atoms with Crippen molar-refractivity contribution in [2.45, 2.75) is 25.7 Å². The lowest BCUT2D eigenvalue weighted by Crippen LogP contribution is -2.36. The maximum absolute atomic E-state index is 12.2. The lowest BCUT2D eigenvalue weighted by atomic mass is 10.2. The molecule has 162 valence electrons. The average Bonchev–Trinajstić information content (AvgIpc) is 3.28. The zero-order valence-corrected chi connectivity index (χ0v) is 18.7. The number of hydrogen-bond acceptors (Lipinski definition) is 7. The van der Waals surface area contributed by atoms with E-state index >= 15 is 0 Å². The summed E-state index contributed by atoms with van der Waals surface area (Å²) in [6.45, 7) is 0.908. The zero-order valence-electron chi connectivity index (χ0n) is 16.3. The van der Waals surface area contributed by atoms with Crippen LogP contribution in [0.5, 0.6) is 17.4 Å². The van der Waals surface area contributed by atoms with Gasteiger partial charge in [-0.1, -0.05) is 23.7 Å². The number of benzene rings is 1. The second kappa shape index (κ2) is 10.7. The molecule has 1 aliphatic heterocycles. The summed E-state index contributed by atoms with van der Waals surface area (Å²) in [4.78, 5) is 17.9. The molecule has 0 unspecified atom stereocenters. The Balaban J connectivity index is 1.71. The lowest BCUT2D eigenvalue weighted by Gasteiger charge is -2.22. The Bertz CT molecular complexity index is 861. The van der Waals surface area contributed by atoms with Gasteiger partial charge in [-0.05, 0) is 52.5 Å². The van der Waals surface area contributed by atoms with Gasteiger partial charge in [0, 0.05) is 13.1 Å². The Kier molecular flexibility index (Phi) is 8.01. The molecular formula is C20H22BrClN2O6. The number of nitrogens with zero attached hydrogens (tertiary/aromatic N) is 2. The molecule has 10 heteroatoms. The summed E-state index contributed by atoms with van der Waals surface area (Å²) in [6, 6.07) is 8.94. The second-order valence-corrected chi connectivity index (χ2v) is 7.75. The fraction of sp³-hybridized carbons (Fsp3) is 0.400. The van der Waals surface area contributed by atoms with Crippen molar-refractivity contribution in [1.29, 1.82) is 0 Å². The van der Waals surface area contributed by atoms with Gasteiger partial charge in [0.05, 0.1) is 11.6 Å². The van der Waals surface area contributed by atoms with E-state index in [1.54, 1.807) is 18.1 Å². The van der Waals surface area contributed by atoms with Crippen LogP contribution in [0, 0.1) is 0 Å². The molecule has 1 atom stereocenters. The van der Waals surface area contributed by atoms with Gasteiger partial charge in [0.25, 0.3) is 12.2 Å². The smallest absolute Gasteiger partial charge is 0.412 e. The van der Waals surface area contributed by atoms with E-state index in [-0.39, 0.29) is 23.4 Å². The number of likely N-dealkylation sites (tertiary alicyclic amines) is 1. The highest BCUT2D eigenvalue weighted by atomic mass is 79.9. The number of aromatic nitrogens is 1. The summed E-state index contributed by atoms with van der Waals surface area (Å²) in [5.74, 6) is 1.00. The number of methoxy groups -OCH3 is 1. The fourth-order valence-electron chi connectivity index (χ4n) is 2.85. The maximum Gasteiger partial charge on any atom is 0.412 e. The third-order valence-corrected chi connectivity index (χ3v) is 5.18. The summed E-state index contributed by atoms with van der Waals surface area (Å²) in [6.07, 6.45) is 0.0466. The molecule has 8 nitrogen and oxygen atoms in total. The van der Waals surface area contributed by atoms with Crippen LogP contribution < -0.4 is 14.2 Å². The van der Waals surface area contributed by atoms with Crippen LogP contribution in [0.1, 0.15) is 18.4 Å². The molecule has 2 heterocycles. The second-order valence-electron chi connectivity index (χ2n) is 6.51. The van der Waals surface area contributed by atoms with Crippen molar-refractivity contribution in [1.82, 2.24) is 9.88 Å². The lowest BCUT2D eigenvalue weighted by molar-refractivity contribution is -0.0765. The normalized spacial score (nSPS) is 14.3. The van der Waals surface area contributed by atoms with E-state index in [1.165, 1.54) is 0 Å². The van der Waals surface area contributed by atoms with E-state index in [9.17, 15) is 9.90 Å². The third kappa shape index (κ3) is 5.90. The van der Waals surface area contributed by atoms with Gasteiger partial charge in [-0.25, -0.2) is 4.79 Å². The van der Waals surface area contributed by atoms with E-state index in [2.05, 4.69) is 20.9 Å². The Morgan fingerprint density at radius 2 is 2.00 bits per heavy atom. The Morgan fingerprint density at radius 1 is 1.30 bits per heavy atom. The zero-order chi connectivity index (χ0) is 21.5. The number of amides is 1. The van der Waals surface area contributed by atoms with E-state index < -0.39 is 19.0 Å². The minimum atomic E-state index is -1.25. The van der Waals surface area contributed by atoms with Crippen molar-refractivity contribution in [3.63, 3.8) is 0 Å². The first-order valence-corrected chi connectivity index (χ1v) is 10.5. The standard InChI is InChI=1S/C20H22BrClN2O6/c1-27-14-6-4-13(5-7-14)12-28-18-15(21)10-16(22)23-19(18)29-17(11-25)30-20(26)24-8-2-3-9-24/h4-7,10,17,25H,2-3,8-9,11-12H2,1H3/t17-/m1/s1. The molecule has 3 rings (SSSR count). The van der Waals surface area contributed by atoms with Gasteiger partial charge in [-0.2, -0.15) is 4.98 Å². The van der Waals surface area contributed by atoms with Gasteiger partial charge in [0.2, 0.25) is 0 Å². The fourth-order valence-corrected chi connectivity index (χ4v) is 3.67. The van der Waals surface area contributed by atoms with Crippen molar-refractivity contribution in [2.75, 3.05) is 26.8 Å². The summed E-state index contributed by atoms with van der Waals surface area (Å²) in [5, 5.41) is 9.77.